The molecule has 1 saturated heterocycles. The van der Waals surface area contributed by atoms with Crippen molar-refractivity contribution in [1.82, 2.24) is 14.6 Å². The Morgan fingerprint density at radius 2 is 2.03 bits per heavy atom. The number of aliphatic hydroxyl groups is 1. The van der Waals surface area contributed by atoms with Crippen molar-refractivity contribution >= 4 is 13.7 Å². The Kier molecular flexibility index (Phi) is 8.00. The number of ether oxygens (including phenoxy) is 2. The molecule has 4 rings (SSSR count). The minimum absolute atomic E-state index is 0.166. The van der Waals surface area contributed by atoms with Crippen LogP contribution in [0.25, 0.3) is 0 Å². The highest BCUT2D eigenvalue weighted by molar-refractivity contribution is 7.52. The predicted octanol–water partition coefficient (Wildman–Crippen LogP) is 1.80. The van der Waals surface area contributed by atoms with Crippen LogP contribution >= 0.6 is 7.75 Å². The van der Waals surface area contributed by atoms with Gasteiger partial charge in [-0.25, -0.2) is 13.8 Å². The van der Waals surface area contributed by atoms with E-state index in [1.54, 1.807) is 18.2 Å². The number of benzene rings is 1. The number of aromatic amines is 1. The highest BCUT2D eigenvalue weighted by Gasteiger charge is 2.56. The van der Waals surface area contributed by atoms with Crippen LogP contribution in [-0.2, 0) is 23.4 Å². The lowest BCUT2D eigenvalue weighted by molar-refractivity contribution is -0.154. The van der Waals surface area contributed by atoms with Crippen molar-refractivity contribution in [3.8, 4) is 5.75 Å². The van der Waals surface area contributed by atoms with E-state index in [0.29, 0.717) is 0 Å². The molecule has 2 unspecified atom stereocenters. The maximum Gasteiger partial charge on any atom is 0.459 e. The summed E-state index contributed by atoms with van der Waals surface area (Å²) in [7, 11) is -4.29. The summed E-state index contributed by atoms with van der Waals surface area (Å²) in [6.45, 7) is 1.83. The van der Waals surface area contributed by atoms with Gasteiger partial charge in [0.15, 0.2) is 11.9 Å². The Morgan fingerprint density at radius 1 is 1.32 bits per heavy atom. The highest BCUT2D eigenvalue weighted by atomic mass is 31.2. The van der Waals surface area contributed by atoms with Crippen LogP contribution in [0.4, 0.5) is 4.39 Å². The molecule has 0 amide bonds. The van der Waals surface area contributed by atoms with Gasteiger partial charge in [-0.1, -0.05) is 18.2 Å². The van der Waals surface area contributed by atoms with E-state index in [1.807, 2.05) is 4.98 Å². The Bertz CT molecular complexity index is 1260. The van der Waals surface area contributed by atoms with Crippen molar-refractivity contribution < 1.29 is 37.4 Å². The zero-order chi connectivity index (χ0) is 26.8. The van der Waals surface area contributed by atoms with Gasteiger partial charge in [0.05, 0.1) is 6.61 Å². The van der Waals surface area contributed by atoms with Crippen LogP contribution in [0.15, 0.2) is 52.2 Å². The van der Waals surface area contributed by atoms with Crippen LogP contribution in [0.3, 0.4) is 0 Å². The van der Waals surface area contributed by atoms with Gasteiger partial charge in [0, 0.05) is 12.3 Å². The number of aromatic nitrogens is 2. The molecule has 0 radical (unpaired) electrons. The second kappa shape index (κ2) is 10.9. The zero-order valence-corrected chi connectivity index (χ0v) is 21.1. The van der Waals surface area contributed by atoms with Crippen molar-refractivity contribution in [3.05, 3.63) is 63.4 Å². The predicted molar refractivity (Wildman–Crippen MR) is 128 cm³/mol. The Morgan fingerprint density at radius 3 is 2.65 bits per heavy atom. The normalized spacial score (nSPS) is 28.2. The Labute approximate surface area is 211 Å². The molecule has 6 atom stereocenters. The van der Waals surface area contributed by atoms with Crippen LogP contribution in [0, 0.1) is 0 Å². The third-order valence-electron chi connectivity index (χ3n) is 6.24. The molecule has 1 aromatic carbocycles. The lowest BCUT2D eigenvalue weighted by Crippen LogP contribution is -2.44. The number of nitrogens with zero attached hydrogens (tertiary/aromatic N) is 1. The number of para-hydroxylation sites is 1. The zero-order valence-electron chi connectivity index (χ0n) is 20.2. The number of esters is 1. The summed E-state index contributed by atoms with van der Waals surface area (Å²) in [6.07, 6.45) is -1.48. The summed E-state index contributed by atoms with van der Waals surface area (Å²) >= 11 is 0. The lowest BCUT2D eigenvalue weighted by atomic mass is 9.96. The fourth-order valence-corrected chi connectivity index (χ4v) is 5.39. The van der Waals surface area contributed by atoms with Crippen LogP contribution in [-0.4, -0.2) is 57.3 Å². The average molecular weight is 541 g/mol. The average Bonchev–Trinajstić information content (AvgIpc) is 3.04. The SMILES string of the molecule is CC(NP(=O)(OC[C@H]1O[C@@H](n2ccc(=O)[nH]c2=O)[C@](C)(F)[C@@H]1O)Oc1ccccc1)C(=O)OC1CCC1. The fourth-order valence-electron chi connectivity index (χ4n) is 3.89. The summed E-state index contributed by atoms with van der Waals surface area (Å²) in [6, 6.07) is 7.96. The number of rotatable bonds is 10. The van der Waals surface area contributed by atoms with Crippen molar-refractivity contribution in [3.63, 3.8) is 0 Å². The van der Waals surface area contributed by atoms with Crippen LogP contribution in [0.2, 0.25) is 0 Å². The molecular formula is C23H29FN3O9P. The van der Waals surface area contributed by atoms with Gasteiger partial charge in [-0.2, -0.15) is 5.09 Å². The van der Waals surface area contributed by atoms with E-state index in [9.17, 15) is 24.1 Å². The molecule has 2 aliphatic rings. The first-order valence-electron chi connectivity index (χ1n) is 11.8. The number of alkyl halides is 1. The number of carbonyl (C=O) groups is 1. The molecule has 0 spiro atoms. The molecule has 37 heavy (non-hydrogen) atoms. The number of nitrogens with one attached hydrogen (secondary N) is 2. The van der Waals surface area contributed by atoms with Crippen molar-refractivity contribution in [1.29, 1.82) is 0 Å². The summed E-state index contributed by atoms with van der Waals surface area (Å²) in [5.41, 5.74) is -4.10. The molecule has 202 valence electrons. The van der Waals surface area contributed by atoms with Gasteiger partial charge in [-0.15, -0.1) is 0 Å². The molecule has 1 aromatic heterocycles. The quantitative estimate of drug-likeness (QED) is 0.299. The first kappa shape index (κ1) is 27.2. The summed E-state index contributed by atoms with van der Waals surface area (Å²) in [5.74, 6) is -0.477. The topological polar surface area (TPSA) is 158 Å². The number of carbonyl (C=O) groups excluding carboxylic acids is 1. The number of hydrogen-bond acceptors (Lipinski definition) is 9. The molecule has 14 heteroatoms. The maximum absolute atomic E-state index is 15.5. The van der Waals surface area contributed by atoms with Gasteiger partial charge in [0.25, 0.3) is 5.56 Å². The van der Waals surface area contributed by atoms with Crippen LogP contribution < -0.4 is 20.9 Å². The van der Waals surface area contributed by atoms with Gasteiger partial charge in [0.2, 0.25) is 0 Å². The third kappa shape index (κ3) is 6.19. The molecule has 2 fully saturated rings. The van der Waals surface area contributed by atoms with Crippen molar-refractivity contribution in [2.75, 3.05) is 6.61 Å². The number of halogens is 1. The summed E-state index contributed by atoms with van der Waals surface area (Å²) in [4.78, 5) is 38.0. The lowest BCUT2D eigenvalue weighted by Gasteiger charge is -2.28. The van der Waals surface area contributed by atoms with Crippen molar-refractivity contribution in [2.24, 2.45) is 0 Å². The number of H-pyrrole nitrogens is 1. The van der Waals surface area contributed by atoms with E-state index in [0.717, 1.165) is 43.0 Å². The minimum atomic E-state index is -4.29. The summed E-state index contributed by atoms with van der Waals surface area (Å²) in [5, 5.41) is 13.1. The van der Waals surface area contributed by atoms with Gasteiger partial charge in [-0.3, -0.25) is 23.7 Å². The van der Waals surface area contributed by atoms with Gasteiger partial charge in [-0.05, 0) is 45.2 Å². The molecule has 12 nitrogen and oxygen atoms in total. The Hall–Kier alpha value is -2.83. The van der Waals surface area contributed by atoms with E-state index < -0.39 is 61.7 Å². The van der Waals surface area contributed by atoms with E-state index in [-0.39, 0.29) is 11.9 Å². The second-order valence-corrected chi connectivity index (χ2v) is 10.9. The molecule has 2 aromatic rings. The number of aliphatic hydroxyl groups excluding tert-OH is 1. The third-order valence-corrected chi connectivity index (χ3v) is 7.88. The van der Waals surface area contributed by atoms with E-state index in [2.05, 4.69) is 5.09 Å². The van der Waals surface area contributed by atoms with Gasteiger partial charge < -0.3 is 19.1 Å². The van der Waals surface area contributed by atoms with Crippen LogP contribution in [0.5, 0.6) is 5.75 Å². The smallest absolute Gasteiger partial charge is 0.459 e. The minimum Gasteiger partial charge on any atom is -0.461 e. The van der Waals surface area contributed by atoms with Gasteiger partial charge in [0.1, 0.15) is 30.1 Å². The highest BCUT2D eigenvalue weighted by Crippen LogP contribution is 2.47. The monoisotopic (exact) mass is 541 g/mol. The molecule has 1 aliphatic carbocycles. The van der Waals surface area contributed by atoms with Gasteiger partial charge >= 0.3 is 19.4 Å². The van der Waals surface area contributed by atoms with Crippen molar-refractivity contribution in [2.45, 2.75) is 69.4 Å². The van der Waals surface area contributed by atoms with Crippen LogP contribution in [0.1, 0.15) is 39.3 Å². The fraction of sp³-hybridized carbons (Fsp3) is 0.522. The standard InChI is InChI=1S/C23H29FN3O9P/c1-14(20(30)34-15-9-6-10-15)26-37(32,36-16-7-4-3-5-8-16)33-13-17-19(29)23(2,24)21(35-17)27-12-11-18(28)25-22(27)31/h3-5,7-8,11-12,14-15,17,19,21,29H,6,9-10,13H2,1-2H3,(H,26,32)(H,25,28,31)/t14?,17-,19-,21-,23-,37?/m1/s1. The maximum atomic E-state index is 15.5. The molecule has 1 aliphatic heterocycles. The first-order valence-corrected chi connectivity index (χ1v) is 13.3. The second-order valence-electron chi connectivity index (χ2n) is 9.18. The van der Waals surface area contributed by atoms with E-state index >= 15 is 4.39 Å². The molecule has 0 bridgehead atoms. The Balaban J connectivity index is 1.49. The largest absolute Gasteiger partial charge is 0.461 e. The molecule has 1 saturated carbocycles. The molecule has 3 N–H and O–H groups in total. The van der Waals surface area contributed by atoms with E-state index in [4.69, 9.17) is 18.5 Å². The number of hydrogen-bond donors (Lipinski definition) is 3. The summed E-state index contributed by atoms with van der Waals surface area (Å²) < 4.78 is 51.9. The van der Waals surface area contributed by atoms with E-state index in [1.165, 1.54) is 19.1 Å². The first-order chi connectivity index (χ1) is 17.5. The molecular weight excluding hydrogens is 512 g/mol. The molecule has 2 heterocycles.